The Bertz CT molecular complexity index is 3890. The maximum atomic E-state index is 2.67. The average Bonchev–Trinajstić information content (AvgIpc) is 4.08. The highest BCUT2D eigenvalue weighted by molar-refractivity contribution is 7.24. The Morgan fingerprint density at radius 1 is 0.375 bits per heavy atom. The third kappa shape index (κ3) is 6.48. The lowest BCUT2D eigenvalue weighted by molar-refractivity contribution is 0.590. The number of fused-ring (bicyclic) bond motifs is 9. The van der Waals surface area contributed by atoms with Gasteiger partial charge in [0.25, 0.3) is 6.71 Å². The Balaban J connectivity index is 1.19. The molecule has 0 bridgehead atoms. The summed E-state index contributed by atoms with van der Waals surface area (Å²) in [4.78, 5) is 5.34. The molecule has 346 valence electrons. The predicted octanol–water partition coefficient (Wildman–Crippen LogP) is 17.2. The standard InChI is InChI=1S/C66H52BN3S2/c1-65(2,3)43-33-35-54-50(37-43)67-51-38-44(66(4,5)6)34-36-55(51)70(64-61(42-23-11-8-12-24-42)49-28-16-20-32-59(49)72-64)57-40-45(68-52-29-17-13-25-46(52)47-26-14-18-30-53(47)68)39-56(62(57)67)69(54)63-60(41-21-9-7-10-22-41)48-27-15-19-31-58(48)71-63/h7-40H,1-6H3. The highest BCUT2D eigenvalue weighted by Gasteiger charge is 2.46. The third-order valence-electron chi connectivity index (χ3n) is 15.3. The molecule has 0 radical (unpaired) electrons. The number of para-hydroxylation sites is 2. The molecule has 72 heavy (non-hydrogen) atoms. The normalized spacial score (nSPS) is 13.3. The van der Waals surface area contributed by atoms with Crippen LogP contribution in [0.25, 0.3) is 69.9 Å². The van der Waals surface area contributed by atoms with E-state index in [0.29, 0.717) is 0 Å². The third-order valence-corrected chi connectivity index (χ3v) is 17.6. The fraction of sp³-hybridized carbons (Fsp3) is 0.121. The van der Waals surface area contributed by atoms with Crippen LogP contribution in [-0.4, -0.2) is 11.3 Å². The molecule has 0 N–H and O–H groups in total. The zero-order valence-electron chi connectivity index (χ0n) is 41.4. The van der Waals surface area contributed by atoms with Gasteiger partial charge in [-0.05, 0) is 98.0 Å². The minimum atomic E-state index is -0.0748. The summed E-state index contributed by atoms with van der Waals surface area (Å²) < 4.78 is 5.07. The van der Waals surface area contributed by atoms with Gasteiger partial charge in [0.1, 0.15) is 10.0 Å². The topological polar surface area (TPSA) is 11.4 Å². The summed E-state index contributed by atoms with van der Waals surface area (Å²) in [7, 11) is 0. The van der Waals surface area contributed by atoms with E-state index in [9.17, 15) is 0 Å². The lowest BCUT2D eigenvalue weighted by atomic mass is 9.33. The lowest BCUT2D eigenvalue weighted by Gasteiger charge is -2.45. The molecule has 3 nitrogen and oxygen atoms in total. The summed E-state index contributed by atoms with van der Waals surface area (Å²) >= 11 is 3.80. The first-order valence-electron chi connectivity index (χ1n) is 25.2. The van der Waals surface area contributed by atoms with Crippen LogP contribution in [0.1, 0.15) is 52.7 Å². The Hall–Kier alpha value is -7.64. The van der Waals surface area contributed by atoms with Gasteiger partial charge in [-0.25, -0.2) is 0 Å². The van der Waals surface area contributed by atoms with Crippen molar-refractivity contribution in [2.45, 2.75) is 52.4 Å². The molecular formula is C66H52BN3S2. The summed E-state index contributed by atoms with van der Waals surface area (Å²) in [5.74, 6) is 0. The van der Waals surface area contributed by atoms with E-state index < -0.39 is 0 Å². The molecular weight excluding hydrogens is 910 g/mol. The molecule has 0 amide bonds. The molecule has 12 aromatic rings. The first-order chi connectivity index (χ1) is 35.0. The van der Waals surface area contributed by atoms with Crippen molar-refractivity contribution in [2.75, 3.05) is 9.80 Å². The number of rotatable bonds is 5. The SMILES string of the molecule is CC(C)(C)c1ccc2c(c1)B1c3cc(C(C)(C)C)ccc3N(c3sc4ccccc4c3-c3ccccc3)c3cc(-n4c5ccccc5c5ccccc54)cc(c31)N2c1sc2ccccc2c1-c1ccccc1. The molecule has 0 spiro atoms. The van der Waals surface area contributed by atoms with Crippen LogP contribution in [0.3, 0.4) is 0 Å². The molecule has 2 aliphatic heterocycles. The molecule has 0 saturated heterocycles. The number of nitrogens with zero attached hydrogens (tertiary/aromatic N) is 3. The van der Waals surface area contributed by atoms with Crippen LogP contribution in [0.4, 0.5) is 32.8 Å². The molecule has 0 fully saturated rings. The molecule has 2 aliphatic rings. The van der Waals surface area contributed by atoms with Gasteiger partial charge in [0.2, 0.25) is 0 Å². The Morgan fingerprint density at radius 3 is 1.19 bits per heavy atom. The van der Waals surface area contributed by atoms with Crippen LogP contribution in [-0.2, 0) is 10.8 Å². The van der Waals surface area contributed by atoms with Gasteiger partial charge in [0, 0.05) is 64.8 Å². The van der Waals surface area contributed by atoms with Gasteiger partial charge >= 0.3 is 0 Å². The van der Waals surface area contributed by atoms with Crippen LogP contribution in [0.2, 0.25) is 0 Å². The first kappa shape index (κ1) is 43.2. The summed E-state index contributed by atoms with van der Waals surface area (Å²) in [6.07, 6.45) is 0. The van der Waals surface area contributed by atoms with Crippen LogP contribution in [0.15, 0.2) is 206 Å². The molecule has 0 saturated carbocycles. The van der Waals surface area contributed by atoms with E-state index in [1.165, 1.54) is 124 Å². The summed E-state index contributed by atoms with van der Waals surface area (Å²) in [5, 5.41) is 7.48. The fourth-order valence-electron chi connectivity index (χ4n) is 11.8. The molecule has 6 heteroatoms. The maximum Gasteiger partial charge on any atom is 0.252 e. The van der Waals surface area contributed by atoms with E-state index >= 15 is 0 Å². The zero-order chi connectivity index (χ0) is 48.6. The van der Waals surface area contributed by atoms with Crippen molar-refractivity contribution in [2.24, 2.45) is 0 Å². The van der Waals surface area contributed by atoms with Gasteiger partial charge in [-0.3, -0.25) is 0 Å². The largest absolute Gasteiger partial charge is 0.309 e. The van der Waals surface area contributed by atoms with Crippen molar-refractivity contribution in [3.8, 4) is 27.9 Å². The maximum absolute atomic E-state index is 2.67. The second-order valence-corrected chi connectivity index (χ2v) is 23.8. The molecule has 0 unspecified atom stereocenters. The van der Waals surface area contributed by atoms with Crippen LogP contribution < -0.4 is 26.2 Å². The second kappa shape index (κ2) is 15.9. The van der Waals surface area contributed by atoms with E-state index in [1.807, 2.05) is 22.7 Å². The fourth-order valence-corrected chi connectivity index (χ4v) is 14.3. The number of hydrogen-bond acceptors (Lipinski definition) is 4. The highest BCUT2D eigenvalue weighted by Crippen LogP contribution is 2.55. The van der Waals surface area contributed by atoms with E-state index in [4.69, 9.17) is 0 Å². The number of aromatic nitrogens is 1. The number of thiophene rings is 2. The van der Waals surface area contributed by atoms with E-state index in [0.717, 1.165) is 5.69 Å². The van der Waals surface area contributed by atoms with Crippen LogP contribution in [0.5, 0.6) is 0 Å². The van der Waals surface area contributed by atoms with Crippen molar-refractivity contribution in [3.05, 3.63) is 217 Å². The Kier molecular flexibility index (Phi) is 9.56. The predicted molar refractivity (Wildman–Crippen MR) is 314 cm³/mol. The van der Waals surface area contributed by atoms with E-state index in [2.05, 4.69) is 262 Å². The van der Waals surface area contributed by atoms with Gasteiger partial charge < -0.3 is 14.4 Å². The van der Waals surface area contributed by atoms with Crippen LogP contribution >= 0.6 is 22.7 Å². The van der Waals surface area contributed by atoms with E-state index in [1.54, 1.807) is 0 Å². The summed E-state index contributed by atoms with van der Waals surface area (Å²) in [5.41, 5.74) is 19.8. The Labute approximate surface area is 430 Å². The smallest absolute Gasteiger partial charge is 0.252 e. The molecule has 3 aromatic heterocycles. The van der Waals surface area contributed by atoms with Gasteiger partial charge in [-0.1, -0.05) is 199 Å². The molecule has 5 heterocycles. The zero-order valence-corrected chi connectivity index (χ0v) is 43.0. The monoisotopic (exact) mass is 961 g/mol. The Morgan fingerprint density at radius 2 is 0.764 bits per heavy atom. The molecule has 0 aliphatic carbocycles. The van der Waals surface area contributed by atoms with Crippen molar-refractivity contribution < 1.29 is 0 Å². The highest BCUT2D eigenvalue weighted by atomic mass is 32.1. The van der Waals surface area contributed by atoms with Crippen molar-refractivity contribution in [1.29, 1.82) is 0 Å². The number of hydrogen-bond donors (Lipinski definition) is 0. The quantitative estimate of drug-likeness (QED) is 0.159. The molecule has 14 rings (SSSR count). The molecule has 9 aromatic carbocycles. The number of anilines is 6. The lowest BCUT2D eigenvalue weighted by Crippen LogP contribution is -2.61. The van der Waals surface area contributed by atoms with Crippen molar-refractivity contribution in [3.63, 3.8) is 0 Å². The summed E-state index contributed by atoms with van der Waals surface area (Å²) in [6, 6.07) is 77.9. The van der Waals surface area contributed by atoms with Crippen molar-refractivity contribution in [1.82, 2.24) is 4.57 Å². The van der Waals surface area contributed by atoms with Gasteiger partial charge in [0.15, 0.2) is 0 Å². The minimum Gasteiger partial charge on any atom is -0.309 e. The summed E-state index contributed by atoms with van der Waals surface area (Å²) in [6.45, 7) is 14.1. The number of benzene rings is 9. The minimum absolute atomic E-state index is 0.0617. The first-order valence-corrected chi connectivity index (χ1v) is 26.8. The van der Waals surface area contributed by atoms with Gasteiger partial charge in [0.05, 0.1) is 16.7 Å². The van der Waals surface area contributed by atoms with Crippen LogP contribution in [0, 0.1) is 0 Å². The van der Waals surface area contributed by atoms with E-state index in [-0.39, 0.29) is 17.5 Å². The van der Waals surface area contributed by atoms with Gasteiger partial charge in [-0.15, -0.1) is 22.7 Å². The average molecular weight is 962 g/mol. The van der Waals surface area contributed by atoms with Gasteiger partial charge in [-0.2, -0.15) is 0 Å². The second-order valence-electron chi connectivity index (χ2n) is 21.7. The molecule has 0 atom stereocenters. The van der Waals surface area contributed by atoms with Crippen molar-refractivity contribution >= 4 is 121 Å².